The molecule has 2 unspecified atom stereocenters. The maximum absolute atomic E-state index is 12.6. The Bertz CT molecular complexity index is 419. The zero-order valence-corrected chi connectivity index (χ0v) is 24.9. The van der Waals surface area contributed by atoms with E-state index in [1.54, 1.807) is 0 Å². The number of esters is 1. The summed E-state index contributed by atoms with van der Waals surface area (Å²) < 4.78 is 5.86. The van der Waals surface area contributed by atoms with Crippen LogP contribution in [0, 0.1) is 11.8 Å². The molecule has 0 bridgehead atoms. The van der Waals surface area contributed by atoms with Crippen LogP contribution in [0.5, 0.6) is 0 Å². The highest BCUT2D eigenvalue weighted by molar-refractivity contribution is 5.71. The molecule has 0 aromatic heterocycles. The lowest BCUT2D eigenvalue weighted by Crippen LogP contribution is -2.20. The van der Waals surface area contributed by atoms with E-state index in [1.807, 2.05) is 0 Å². The quantitative estimate of drug-likeness (QED) is 0.0798. The summed E-state index contributed by atoms with van der Waals surface area (Å²) >= 11 is 0. The summed E-state index contributed by atoms with van der Waals surface area (Å²) in [6.07, 6.45) is 33.1. The van der Waals surface area contributed by atoms with E-state index in [4.69, 9.17) is 4.74 Å². The molecule has 2 atom stereocenters. The zero-order chi connectivity index (χ0) is 25.8. The van der Waals surface area contributed by atoms with Gasteiger partial charge in [0.05, 0.1) is 12.5 Å². The van der Waals surface area contributed by atoms with Crippen LogP contribution in [-0.2, 0) is 9.53 Å². The molecule has 0 spiro atoms. The Hall–Kier alpha value is -0.530. The Morgan fingerprint density at radius 3 is 1.17 bits per heavy atom. The molecule has 0 aliphatic heterocycles. The van der Waals surface area contributed by atoms with Crippen LogP contribution >= 0.6 is 0 Å². The number of hydrogen-bond donors (Lipinski definition) is 0. The molecule has 0 rings (SSSR count). The van der Waals surface area contributed by atoms with Gasteiger partial charge in [0.15, 0.2) is 0 Å². The molecule has 35 heavy (non-hydrogen) atoms. The molecular weight excluding hydrogens is 428 g/mol. The molecule has 0 N–H and O–H groups in total. The highest BCUT2D eigenvalue weighted by Gasteiger charge is 2.17. The average molecular weight is 495 g/mol. The Kier molecular flexibility index (Phi) is 27.6. The summed E-state index contributed by atoms with van der Waals surface area (Å²) in [7, 11) is 0. The Labute approximate surface area is 222 Å². The van der Waals surface area contributed by atoms with E-state index in [-0.39, 0.29) is 11.9 Å². The first-order valence-corrected chi connectivity index (χ1v) is 16.3. The van der Waals surface area contributed by atoms with E-state index in [0.29, 0.717) is 12.5 Å². The Morgan fingerprint density at radius 1 is 0.486 bits per heavy atom. The average Bonchev–Trinajstić information content (AvgIpc) is 2.86. The molecule has 0 aromatic rings. The van der Waals surface area contributed by atoms with Gasteiger partial charge in [-0.15, -0.1) is 0 Å². The van der Waals surface area contributed by atoms with Gasteiger partial charge in [-0.2, -0.15) is 0 Å². The molecule has 0 saturated heterocycles. The van der Waals surface area contributed by atoms with E-state index in [2.05, 4.69) is 27.7 Å². The number of hydrogen-bond acceptors (Lipinski definition) is 2. The molecule has 0 aromatic carbocycles. The Balaban J connectivity index is 4.01. The molecular formula is C33H66O2. The number of carbonyl (C=O) groups excluding carboxylic acids is 1. The van der Waals surface area contributed by atoms with Crippen LogP contribution in [-0.4, -0.2) is 12.6 Å². The highest BCUT2D eigenvalue weighted by Crippen LogP contribution is 2.21. The molecule has 2 heteroatoms. The van der Waals surface area contributed by atoms with Gasteiger partial charge in [-0.1, -0.05) is 169 Å². The minimum Gasteiger partial charge on any atom is -0.465 e. The fraction of sp³-hybridized carbons (Fsp3) is 0.970. The second-order valence-corrected chi connectivity index (χ2v) is 11.5. The summed E-state index contributed by atoms with van der Waals surface area (Å²) in [4.78, 5) is 12.6. The van der Waals surface area contributed by atoms with Gasteiger partial charge >= 0.3 is 5.97 Å². The minimum atomic E-state index is 0.0523. The standard InChI is InChI=1S/C33H66O2/c1-5-8-11-14-16-17-18-20-22-24-27-31(4)33(34)35-30-32(28-25-21-13-10-7-3)29-26-23-19-15-12-9-6-2/h31-32H,5-30H2,1-4H3. The number of carbonyl (C=O) groups is 1. The summed E-state index contributed by atoms with van der Waals surface area (Å²) in [6, 6.07) is 0. The second-order valence-electron chi connectivity index (χ2n) is 11.5. The van der Waals surface area contributed by atoms with Crippen molar-refractivity contribution in [3.05, 3.63) is 0 Å². The van der Waals surface area contributed by atoms with Crippen molar-refractivity contribution in [2.45, 2.75) is 188 Å². The summed E-state index contributed by atoms with van der Waals surface area (Å²) in [5, 5.41) is 0. The van der Waals surface area contributed by atoms with Crippen LogP contribution < -0.4 is 0 Å². The normalized spacial score (nSPS) is 13.1. The third-order valence-electron chi connectivity index (χ3n) is 7.79. The van der Waals surface area contributed by atoms with Crippen LogP contribution in [0.25, 0.3) is 0 Å². The molecule has 210 valence electrons. The fourth-order valence-electron chi connectivity index (χ4n) is 5.14. The van der Waals surface area contributed by atoms with E-state index < -0.39 is 0 Å². The van der Waals surface area contributed by atoms with Crippen molar-refractivity contribution in [2.75, 3.05) is 6.61 Å². The summed E-state index contributed by atoms with van der Waals surface area (Å²) in [5.41, 5.74) is 0. The third kappa shape index (κ3) is 24.9. The predicted molar refractivity (Wildman–Crippen MR) is 156 cm³/mol. The first kappa shape index (κ1) is 34.5. The van der Waals surface area contributed by atoms with Crippen LogP contribution in [0.4, 0.5) is 0 Å². The molecule has 0 heterocycles. The Morgan fingerprint density at radius 2 is 0.800 bits per heavy atom. The van der Waals surface area contributed by atoms with Crippen LogP contribution in [0.1, 0.15) is 188 Å². The molecule has 0 aliphatic rings. The molecule has 0 radical (unpaired) electrons. The van der Waals surface area contributed by atoms with Crippen LogP contribution in [0.2, 0.25) is 0 Å². The lowest BCUT2D eigenvalue weighted by molar-refractivity contribution is -0.149. The first-order chi connectivity index (χ1) is 17.2. The van der Waals surface area contributed by atoms with Crippen molar-refractivity contribution in [1.29, 1.82) is 0 Å². The van der Waals surface area contributed by atoms with Crippen LogP contribution in [0.3, 0.4) is 0 Å². The summed E-state index contributed by atoms with van der Waals surface area (Å²) in [5.74, 6) is 0.685. The van der Waals surface area contributed by atoms with E-state index in [9.17, 15) is 4.79 Å². The lowest BCUT2D eigenvalue weighted by atomic mass is 9.94. The fourth-order valence-corrected chi connectivity index (χ4v) is 5.14. The van der Waals surface area contributed by atoms with Crippen LogP contribution in [0.15, 0.2) is 0 Å². The van der Waals surface area contributed by atoms with Gasteiger partial charge < -0.3 is 4.74 Å². The van der Waals surface area contributed by atoms with E-state index in [0.717, 1.165) is 6.42 Å². The third-order valence-corrected chi connectivity index (χ3v) is 7.79. The summed E-state index contributed by atoms with van der Waals surface area (Å²) in [6.45, 7) is 9.57. The lowest BCUT2D eigenvalue weighted by Gasteiger charge is -2.19. The van der Waals surface area contributed by atoms with Gasteiger partial charge in [-0.3, -0.25) is 4.79 Å². The van der Waals surface area contributed by atoms with Gasteiger partial charge in [0.25, 0.3) is 0 Å². The molecule has 0 saturated carbocycles. The van der Waals surface area contributed by atoms with Gasteiger partial charge in [0, 0.05) is 0 Å². The number of rotatable bonds is 28. The van der Waals surface area contributed by atoms with Crippen molar-refractivity contribution in [2.24, 2.45) is 11.8 Å². The zero-order valence-electron chi connectivity index (χ0n) is 24.9. The van der Waals surface area contributed by atoms with Crippen molar-refractivity contribution < 1.29 is 9.53 Å². The molecule has 0 amide bonds. The second kappa shape index (κ2) is 28.0. The topological polar surface area (TPSA) is 26.3 Å². The number of ether oxygens (including phenoxy) is 1. The highest BCUT2D eigenvalue weighted by atomic mass is 16.5. The SMILES string of the molecule is CCCCCCCCCCCCC(C)C(=O)OCC(CCCCCCC)CCCCCCCCC. The van der Waals surface area contributed by atoms with Gasteiger partial charge in [-0.05, 0) is 25.2 Å². The van der Waals surface area contributed by atoms with Gasteiger partial charge in [0.1, 0.15) is 0 Å². The van der Waals surface area contributed by atoms with Crippen molar-refractivity contribution in [1.82, 2.24) is 0 Å². The van der Waals surface area contributed by atoms with E-state index in [1.165, 1.54) is 154 Å². The first-order valence-electron chi connectivity index (χ1n) is 16.3. The van der Waals surface area contributed by atoms with Gasteiger partial charge in [-0.25, -0.2) is 0 Å². The van der Waals surface area contributed by atoms with E-state index >= 15 is 0 Å². The largest absolute Gasteiger partial charge is 0.465 e. The monoisotopic (exact) mass is 495 g/mol. The maximum Gasteiger partial charge on any atom is 0.308 e. The number of unbranched alkanes of at least 4 members (excludes halogenated alkanes) is 19. The minimum absolute atomic E-state index is 0.0523. The van der Waals surface area contributed by atoms with Crippen molar-refractivity contribution >= 4 is 5.97 Å². The maximum atomic E-state index is 12.6. The molecule has 2 nitrogen and oxygen atoms in total. The van der Waals surface area contributed by atoms with Gasteiger partial charge in [0.2, 0.25) is 0 Å². The molecule has 0 aliphatic carbocycles. The molecule has 0 fully saturated rings. The van der Waals surface area contributed by atoms with Crippen molar-refractivity contribution in [3.8, 4) is 0 Å². The smallest absolute Gasteiger partial charge is 0.308 e. The van der Waals surface area contributed by atoms with Crippen molar-refractivity contribution in [3.63, 3.8) is 0 Å². The predicted octanol–water partition coefficient (Wildman–Crippen LogP) is 11.6.